The highest BCUT2D eigenvalue weighted by Crippen LogP contribution is 2.35. The molecule has 0 heterocycles. The zero-order valence-electron chi connectivity index (χ0n) is 15.8. The number of hydrogen-bond acceptors (Lipinski definition) is 2. The van der Waals surface area contributed by atoms with Gasteiger partial charge < -0.3 is 8.85 Å². The SMILES string of the molecule is CCCC[C@@H](O[Si](C)(C)C)[C@H](O[Si](C)(C)C)c1ccccc1Cl. The molecule has 0 spiro atoms. The van der Waals surface area contributed by atoms with Crippen molar-refractivity contribution in [3.63, 3.8) is 0 Å². The molecule has 0 saturated carbocycles. The van der Waals surface area contributed by atoms with E-state index in [2.05, 4.69) is 52.3 Å². The molecule has 0 aromatic heterocycles. The molecule has 132 valence electrons. The van der Waals surface area contributed by atoms with Crippen molar-refractivity contribution in [2.45, 2.75) is 77.7 Å². The number of unbranched alkanes of at least 4 members (excludes halogenated alkanes) is 1. The van der Waals surface area contributed by atoms with E-state index < -0.39 is 16.6 Å². The Morgan fingerprint density at radius 1 is 0.957 bits per heavy atom. The molecule has 0 bridgehead atoms. The molecule has 0 saturated heterocycles. The van der Waals surface area contributed by atoms with Crippen molar-refractivity contribution in [2.24, 2.45) is 0 Å². The van der Waals surface area contributed by atoms with Gasteiger partial charge in [0, 0.05) is 10.6 Å². The smallest absolute Gasteiger partial charge is 0.184 e. The summed E-state index contributed by atoms with van der Waals surface area (Å²) in [5.74, 6) is 0. The van der Waals surface area contributed by atoms with E-state index in [-0.39, 0.29) is 12.2 Å². The molecule has 0 aliphatic heterocycles. The summed E-state index contributed by atoms with van der Waals surface area (Å²) < 4.78 is 13.1. The first kappa shape index (κ1) is 20.9. The van der Waals surface area contributed by atoms with Crippen LogP contribution in [0.3, 0.4) is 0 Å². The number of benzene rings is 1. The average molecular weight is 373 g/mol. The van der Waals surface area contributed by atoms with Gasteiger partial charge in [0.2, 0.25) is 0 Å². The fourth-order valence-corrected chi connectivity index (χ4v) is 4.99. The molecule has 1 aromatic carbocycles. The van der Waals surface area contributed by atoms with Gasteiger partial charge in [0.25, 0.3) is 0 Å². The molecular weight excluding hydrogens is 340 g/mol. The van der Waals surface area contributed by atoms with Crippen molar-refractivity contribution >= 4 is 28.2 Å². The van der Waals surface area contributed by atoms with Crippen LogP contribution in [0.4, 0.5) is 0 Å². The first-order chi connectivity index (χ1) is 10.5. The molecule has 0 aliphatic carbocycles. The van der Waals surface area contributed by atoms with Crippen molar-refractivity contribution < 1.29 is 8.85 Å². The van der Waals surface area contributed by atoms with Crippen LogP contribution in [-0.2, 0) is 8.85 Å². The molecule has 0 fully saturated rings. The minimum absolute atomic E-state index is 0.0753. The Morgan fingerprint density at radius 2 is 1.52 bits per heavy atom. The van der Waals surface area contributed by atoms with Crippen LogP contribution in [-0.4, -0.2) is 22.7 Å². The van der Waals surface area contributed by atoms with Gasteiger partial charge >= 0.3 is 0 Å². The topological polar surface area (TPSA) is 18.5 Å². The summed E-state index contributed by atoms with van der Waals surface area (Å²) >= 11 is 6.49. The maximum Gasteiger partial charge on any atom is 0.184 e. The lowest BCUT2D eigenvalue weighted by Crippen LogP contribution is -2.40. The van der Waals surface area contributed by atoms with E-state index in [4.69, 9.17) is 20.5 Å². The van der Waals surface area contributed by atoms with Gasteiger partial charge in [-0.05, 0) is 51.8 Å². The fraction of sp³-hybridized carbons (Fsp3) is 0.667. The summed E-state index contributed by atoms with van der Waals surface area (Å²) in [6.07, 6.45) is 3.32. The van der Waals surface area contributed by atoms with Gasteiger partial charge in [-0.1, -0.05) is 49.6 Å². The number of halogens is 1. The van der Waals surface area contributed by atoms with Crippen molar-refractivity contribution in [1.82, 2.24) is 0 Å². The first-order valence-corrected chi connectivity index (χ1v) is 15.8. The second-order valence-electron chi connectivity index (χ2n) is 8.08. The van der Waals surface area contributed by atoms with E-state index in [0.29, 0.717) is 0 Å². The van der Waals surface area contributed by atoms with Crippen LogP contribution in [0.15, 0.2) is 24.3 Å². The van der Waals surface area contributed by atoms with Crippen molar-refractivity contribution in [3.05, 3.63) is 34.9 Å². The van der Waals surface area contributed by atoms with Crippen LogP contribution in [0.25, 0.3) is 0 Å². The Balaban J connectivity index is 3.18. The predicted molar refractivity (Wildman–Crippen MR) is 106 cm³/mol. The summed E-state index contributed by atoms with van der Waals surface area (Å²) in [5, 5.41) is 0.774. The lowest BCUT2D eigenvalue weighted by Gasteiger charge is -2.37. The molecule has 23 heavy (non-hydrogen) atoms. The third-order valence-electron chi connectivity index (χ3n) is 3.38. The van der Waals surface area contributed by atoms with E-state index in [9.17, 15) is 0 Å². The number of hydrogen-bond donors (Lipinski definition) is 0. The van der Waals surface area contributed by atoms with Crippen LogP contribution in [0.1, 0.15) is 37.9 Å². The Kier molecular flexibility index (Phi) is 8.01. The van der Waals surface area contributed by atoms with E-state index in [1.807, 2.05) is 18.2 Å². The Labute approximate surface area is 149 Å². The summed E-state index contributed by atoms with van der Waals surface area (Å²) in [4.78, 5) is 0. The molecule has 5 heteroatoms. The lowest BCUT2D eigenvalue weighted by molar-refractivity contribution is 0.0362. The molecule has 0 N–H and O–H groups in total. The van der Waals surface area contributed by atoms with Crippen molar-refractivity contribution in [1.29, 1.82) is 0 Å². The first-order valence-electron chi connectivity index (χ1n) is 8.63. The molecule has 1 rings (SSSR count). The third-order valence-corrected chi connectivity index (χ3v) is 5.69. The second kappa shape index (κ2) is 8.81. The largest absolute Gasteiger partial charge is 0.412 e. The Hall–Kier alpha value is -0.136. The molecule has 2 atom stereocenters. The third kappa shape index (κ3) is 7.99. The van der Waals surface area contributed by atoms with Crippen LogP contribution < -0.4 is 0 Å². The van der Waals surface area contributed by atoms with Gasteiger partial charge in [-0.3, -0.25) is 0 Å². The van der Waals surface area contributed by atoms with Gasteiger partial charge in [-0.25, -0.2) is 0 Å². The lowest BCUT2D eigenvalue weighted by atomic mass is 10.0. The molecule has 0 aliphatic rings. The van der Waals surface area contributed by atoms with E-state index in [1.165, 1.54) is 0 Å². The van der Waals surface area contributed by atoms with Gasteiger partial charge in [0.1, 0.15) is 0 Å². The van der Waals surface area contributed by atoms with Crippen molar-refractivity contribution in [2.75, 3.05) is 0 Å². The molecule has 0 amide bonds. The minimum Gasteiger partial charge on any atom is -0.412 e. The molecule has 2 nitrogen and oxygen atoms in total. The Morgan fingerprint density at radius 3 is 2.00 bits per heavy atom. The van der Waals surface area contributed by atoms with E-state index in [0.717, 1.165) is 29.8 Å². The van der Waals surface area contributed by atoms with Crippen LogP contribution >= 0.6 is 11.6 Å². The maximum atomic E-state index is 6.56. The van der Waals surface area contributed by atoms with Gasteiger partial charge in [0.15, 0.2) is 16.6 Å². The summed E-state index contributed by atoms with van der Waals surface area (Å²) in [6.45, 7) is 15.6. The summed E-state index contributed by atoms with van der Waals surface area (Å²) in [7, 11) is -3.39. The average Bonchev–Trinajstić information content (AvgIpc) is 2.39. The number of rotatable bonds is 9. The zero-order chi connectivity index (χ0) is 17.7. The summed E-state index contributed by atoms with van der Waals surface area (Å²) in [6, 6.07) is 8.04. The molecule has 0 radical (unpaired) electrons. The van der Waals surface area contributed by atoms with Crippen LogP contribution in [0.2, 0.25) is 44.3 Å². The van der Waals surface area contributed by atoms with E-state index in [1.54, 1.807) is 0 Å². The van der Waals surface area contributed by atoms with Crippen LogP contribution in [0, 0.1) is 0 Å². The monoisotopic (exact) mass is 372 g/mol. The normalized spacial score (nSPS) is 15.5. The quantitative estimate of drug-likeness (QED) is 0.452. The van der Waals surface area contributed by atoms with Gasteiger partial charge in [-0.2, -0.15) is 0 Å². The fourth-order valence-electron chi connectivity index (χ4n) is 2.56. The molecular formula is C18H33ClO2Si2. The molecule has 0 unspecified atom stereocenters. The summed E-state index contributed by atoms with van der Waals surface area (Å²) in [5.41, 5.74) is 1.07. The van der Waals surface area contributed by atoms with Gasteiger partial charge in [-0.15, -0.1) is 0 Å². The standard InChI is InChI=1S/C18H33ClO2Si2/c1-8-9-14-17(20-22(2,3)4)18(21-23(5,6)7)15-12-10-11-13-16(15)19/h10-13,17-18H,8-9,14H2,1-7H3/t17-,18-/m1/s1. The molecule has 1 aromatic rings. The van der Waals surface area contributed by atoms with E-state index >= 15 is 0 Å². The van der Waals surface area contributed by atoms with Crippen LogP contribution in [0.5, 0.6) is 0 Å². The van der Waals surface area contributed by atoms with Crippen molar-refractivity contribution in [3.8, 4) is 0 Å². The Bertz CT molecular complexity index is 481. The predicted octanol–water partition coefficient (Wildman–Crippen LogP) is 6.64. The zero-order valence-corrected chi connectivity index (χ0v) is 18.5. The van der Waals surface area contributed by atoms with Gasteiger partial charge in [0.05, 0.1) is 12.2 Å². The highest BCUT2D eigenvalue weighted by molar-refractivity contribution is 6.70. The minimum atomic E-state index is -1.73. The second-order valence-corrected chi connectivity index (χ2v) is 17.4. The highest BCUT2D eigenvalue weighted by atomic mass is 35.5. The maximum absolute atomic E-state index is 6.56. The highest BCUT2D eigenvalue weighted by Gasteiger charge is 2.33.